The molecule has 3 rings (SSSR count). The number of nitrogens with zero attached hydrogens (tertiary/aromatic N) is 4. The van der Waals surface area contributed by atoms with E-state index in [0.717, 1.165) is 43.2 Å². The van der Waals surface area contributed by atoms with Crippen LogP contribution in [0.1, 0.15) is 26.2 Å². The molecule has 0 unspecified atom stereocenters. The van der Waals surface area contributed by atoms with Crippen molar-refractivity contribution in [3.05, 3.63) is 0 Å². The number of rotatable bonds is 5. The summed E-state index contributed by atoms with van der Waals surface area (Å²) in [6, 6.07) is -0.706. The number of likely N-dealkylation sites (N-methyl/N-ethyl adjacent to an activating group) is 1. The predicted molar refractivity (Wildman–Crippen MR) is 97.9 cm³/mol. The van der Waals surface area contributed by atoms with Crippen LogP contribution in [0.15, 0.2) is 0 Å². The highest BCUT2D eigenvalue weighted by molar-refractivity contribution is 7.88. The average molecular weight is 387 g/mol. The predicted octanol–water partition coefficient (Wildman–Crippen LogP) is -0.579. The summed E-state index contributed by atoms with van der Waals surface area (Å²) < 4.78 is 25.4. The van der Waals surface area contributed by atoms with Gasteiger partial charge in [0, 0.05) is 32.7 Å². The number of sulfonamides is 1. The topological polar surface area (TPSA) is 81.2 Å². The molecule has 3 aliphatic rings. The third kappa shape index (κ3) is 3.61. The molecule has 3 fully saturated rings. The minimum absolute atomic E-state index is 0.0197. The summed E-state index contributed by atoms with van der Waals surface area (Å²) in [6.07, 6.45) is 3.03. The number of carbonyl (C=O) groups is 2. The van der Waals surface area contributed by atoms with Crippen molar-refractivity contribution in [3.63, 3.8) is 0 Å². The molecule has 0 aromatic heterocycles. The van der Waals surface area contributed by atoms with Gasteiger partial charge in [0.25, 0.3) is 0 Å². The van der Waals surface area contributed by atoms with Gasteiger partial charge in [-0.15, -0.1) is 0 Å². The number of hydrogen-bond donors (Lipinski definition) is 0. The number of fused-ring (bicyclic) bond motifs is 1. The lowest BCUT2D eigenvalue weighted by molar-refractivity contribution is -0.135. The van der Waals surface area contributed by atoms with E-state index in [1.165, 1.54) is 0 Å². The van der Waals surface area contributed by atoms with E-state index in [4.69, 9.17) is 0 Å². The van der Waals surface area contributed by atoms with Crippen LogP contribution in [0.2, 0.25) is 0 Å². The Balaban J connectivity index is 1.75. The van der Waals surface area contributed by atoms with E-state index >= 15 is 0 Å². The van der Waals surface area contributed by atoms with Crippen LogP contribution in [0, 0.1) is 5.92 Å². The summed E-state index contributed by atoms with van der Waals surface area (Å²) >= 11 is 0. The summed E-state index contributed by atoms with van der Waals surface area (Å²) in [4.78, 5) is 31.9. The lowest BCUT2D eigenvalue weighted by Gasteiger charge is -2.34. The second kappa shape index (κ2) is 7.44. The molecule has 0 spiro atoms. The van der Waals surface area contributed by atoms with E-state index in [0.29, 0.717) is 25.9 Å². The van der Waals surface area contributed by atoms with Crippen LogP contribution in [0.25, 0.3) is 0 Å². The number of hydrogen-bond acceptors (Lipinski definition) is 6. The maximum absolute atomic E-state index is 12.9. The molecule has 3 heterocycles. The molecule has 2 amide bonds. The molecule has 3 atom stereocenters. The summed E-state index contributed by atoms with van der Waals surface area (Å²) in [5.74, 6) is -0.716. The first-order valence-corrected chi connectivity index (χ1v) is 11.3. The summed E-state index contributed by atoms with van der Waals surface area (Å²) in [6.45, 7) is 6.46. The smallest absolute Gasteiger partial charge is 0.241 e. The number of amides is 2. The van der Waals surface area contributed by atoms with Crippen molar-refractivity contribution in [1.82, 2.24) is 19.0 Å². The van der Waals surface area contributed by atoms with E-state index in [1.807, 2.05) is 6.92 Å². The van der Waals surface area contributed by atoms with Gasteiger partial charge in [-0.05, 0) is 19.9 Å². The Bertz CT molecular complexity index is 660. The van der Waals surface area contributed by atoms with E-state index < -0.39 is 22.0 Å². The zero-order valence-corrected chi connectivity index (χ0v) is 16.7. The Morgan fingerprint density at radius 1 is 1.15 bits per heavy atom. The van der Waals surface area contributed by atoms with Crippen molar-refractivity contribution >= 4 is 21.8 Å². The molecule has 0 aromatic rings. The molecule has 0 aromatic carbocycles. The van der Waals surface area contributed by atoms with Crippen molar-refractivity contribution in [2.75, 3.05) is 52.6 Å². The van der Waals surface area contributed by atoms with Crippen LogP contribution in [-0.4, -0.2) is 104 Å². The van der Waals surface area contributed by atoms with Gasteiger partial charge >= 0.3 is 0 Å². The molecule has 3 saturated heterocycles. The molecule has 9 heteroatoms. The van der Waals surface area contributed by atoms with Crippen molar-refractivity contribution in [3.8, 4) is 0 Å². The average Bonchev–Trinajstić information content (AvgIpc) is 3.08. The molecule has 0 bridgehead atoms. The highest BCUT2D eigenvalue weighted by Gasteiger charge is 2.57. The quantitative estimate of drug-likeness (QED) is 0.629. The summed E-state index contributed by atoms with van der Waals surface area (Å²) in [5, 5.41) is 0. The number of piperazine rings is 1. The lowest BCUT2D eigenvalue weighted by Crippen LogP contribution is -2.51. The van der Waals surface area contributed by atoms with E-state index in [-0.39, 0.29) is 17.9 Å². The molecule has 0 radical (unpaired) electrons. The maximum Gasteiger partial charge on any atom is 0.241 e. The van der Waals surface area contributed by atoms with E-state index in [2.05, 4.69) is 16.8 Å². The molecule has 148 valence electrons. The largest absolute Gasteiger partial charge is 0.336 e. The van der Waals surface area contributed by atoms with Gasteiger partial charge in [0.1, 0.15) is 0 Å². The van der Waals surface area contributed by atoms with Gasteiger partial charge < -0.3 is 9.80 Å². The van der Waals surface area contributed by atoms with Gasteiger partial charge in [-0.2, -0.15) is 0 Å². The van der Waals surface area contributed by atoms with Crippen molar-refractivity contribution in [2.45, 2.75) is 38.3 Å². The monoisotopic (exact) mass is 386 g/mol. The van der Waals surface area contributed by atoms with E-state index in [9.17, 15) is 18.0 Å². The Morgan fingerprint density at radius 3 is 2.38 bits per heavy atom. The number of carbonyl (C=O) groups excluding carboxylic acids is 2. The molecule has 0 saturated carbocycles. The normalized spacial score (nSPS) is 30.9. The van der Waals surface area contributed by atoms with Crippen LogP contribution in [0.5, 0.6) is 0 Å². The van der Waals surface area contributed by atoms with Crippen LogP contribution in [0.4, 0.5) is 0 Å². The van der Waals surface area contributed by atoms with E-state index in [1.54, 1.807) is 4.90 Å². The third-order valence-corrected chi connectivity index (χ3v) is 7.07. The maximum atomic E-state index is 12.9. The van der Waals surface area contributed by atoms with Gasteiger partial charge in [0.15, 0.2) is 0 Å². The molecular formula is C17H30N4O4S. The second-order valence-corrected chi connectivity index (χ2v) is 9.66. The fourth-order valence-electron chi connectivity index (χ4n) is 4.61. The first kappa shape index (κ1) is 19.6. The van der Waals surface area contributed by atoms with Gasteiger partial charge in [-0.3, -0.25) is 14.5 Å². The zero-order chi connectivity index (χ0) is 19.1. The highest BCUT2D eigenvalue weighted by atomic mass is 32.2. The molecule has 26 heavy (non-hydrogen) atoms. The first-order chi connectivity index (χ1) is 12.2. The van der Waals surface area contributed by atoms with Crippen LogP contribution < -0.4 is 0 Å². The third-order valence-electron chi connectivity index (χ3n) is 5.90. The Labute approximate surface area is 156 Å². The van der Waals surface area contributed by atoms with Crippen molar-refractivity contribution in [1.29, 1.82) is 0 Å². The molecule has 0 N–H and O–H groups in total. The van der Waals surface area contributed by atoms with Gasteiger partial charge in [-0.1, -0.05) is 13.3 Å². The molecule has 0 aliphatic carbocycles. The molecule has 8 nitrogen and oxygen atoms in total. The Kier molecular flexibility index (Phi) is 5.60. The van der Waals surface area contributed by atoms with Crippen LogP contribution >= 0.6 is 0 Å². The van der Waals surface area contributed by atoms with Crippen LogP contribution in [0.3, 0.4) is 0 Å². The zero-order valence-electron chi connectivity index (χ0n) is 15.9. The fraction of sp³-hybridized carbons (Fsp3) is 0.882. The fourth-order valence-corrected chi connectivity index (χ4v) is 5.79. The second-order valence-electron chi connectivity index (χ2n) is 7.81. The highest BCUT2D eigenvalue weighted by Crippen LogP contribution is 2.40. The van der Waals surface area contributed by atoms with Gasteiger partial charge in [0.05, 0.1) is 30.8 Å². The van der Waals surface area contributed by atoms with Crippen LogP contribution in [-0.2, 0) is 19.6 Å². The summed E-state index contributed by atoms with van der Waals surface area (Å²) in [5.41, 5.74) is 0. The molecular weight excluding hydrogens is 356 g/mol. The number of likely N-dealkylation sites (tertiary alicyclic amines) is 1. The van der Waals surface area contributed by atoms with Gasteiger partial charge in [-0.25, -0.2) is 12.7 Å². The Hall–Kier alpha value is -1.19. The van der Waals surface area contributed by atoms with Crippen molar-refractivity contribution in [2.24, 2.45) is 5.92 Å². The van der Waals surface area contributed by atoms with Crippen molar-refractivity contribution < 1.29 is 18.0 Å². The molecule has 3 aliphatic heterocycles. The Morgan fingerprint density at radius 2 is 1.81 bits per heavy atom. The van der Waals surface area contributed by atoms with Gasteiger partial charge in [0.2, 0.25) is 21.8 Å². The first-order valence-electron chi connectivity index (χ1n) is 9.47. The minimum Gasteiger partial charge on any atom is -0.336 e. The SMILES string of the molecule is CCC[C@H]1C(=O)N(S(C)(=O)=O)[C@H]2CCN(C(=O)CN3CCN(C)CC3)[C@H]12. The standard InChI is InChI=1S/C17H30N4O4S/c1-4-5-13-16-14(21(17(13)23)26(3,24)25)6-7-20(16)15(22)12-19-10-8-18(2)9-11-19/h13-14,16H,4-12H2,1-3H3/t13-,14+,16-/m1/s1. The summed E-state index contributed by atoms with van der Waals surface area (Å²) in [7, 11) is -1.54. The minimum atomic E-state index is -3.61. The lowest BCUT2D eigenvalue weighted by atomic mass is 9.94.